The van der Waals surface area contributed by atoms with Crippen LogP contribution in [0.4, 0.5) is 0 Å². The molecular formula is C15H23NO. The molecule has 2 N–H and O–H groups in total. The van der Waals surface area contributed by atoms with E-state index in [0.29, 0.717) is 0 Å². The molecule has 0 heterocycles. The molecule has 2 nitrogen and oxygen atoms in total. The van der Waals surface area contributed by atoms with Gasteiger partial charge in [0.2, 0.25) is 0 Å². The summed E-state index contributed by atoms with van der Waals surface area (Å²) < 4.78 is 5.90. The van der Waals surface area contributed by atoms with Crippen LogP contribution < -0.4 is 10.5 Å². The van der Waals surface area contributed by atoms with Crippen LogP contribution in [-0.2, 0) is 5.41 Å². The highest BCUT2D eigenvalue weighted by Gasteiger charge is 2.52. The van der Waals surface area contributed by atoms with Crippen molar-refractivity contribution >= 4 is 0 Å². The molecule has 0 aromatic heterocycles. The fraction of sp³-hybridized carbons (Fsp3) is 0.600. The molecule has 1 aliphatic carbocycles. The first-order valence-corrected chi connectivity index (χ1v) is 6.42. The third-order valence-electron chi connectivity index (χ3n) is 3.96. The highest BCUT2D eigenvalue weighted by Crippen LogP contribution is 2.51. The van der Waals surface area contributed by atoms with Crippen LogP contribution in [0.1, 0.15) is 46.1 Å². The number of rotatable bonds is 4. The summed E-state index contributed by atoms with van der Waals surface area (Å²) in [6.45, 7) is 8.56. The summed E-state index contributed by atoms with van der Waals surface area (Å²) >= 11 is 0. The molecule has 1 aliphatic rings. The predicted octanol–water partition coefficient (Wildman–Crippen LogP) is 3.24. The van der Waals surface area contributed by atoms with Crippen LogP contribution in [0.3, 0.4) is 0 Å². The van der Waals surface area contributed by atoms with E-state index < -0.39 is 0 Å². The molecule has 2 rings (SSSR count). The smallest absolute Gasteiger partial charge is 0.123 e. The van der Waals surface area contributed by atoms with E-state index in [-0.39, 0.29) is 17.1 Å². The zero-order valence-electron chi connectivity index (χ0n) is 11.3. The predicted molar refractivity (Wildman–Crippen MR) is 71.4 cm³/mol. The van der Waals surface area contributed by atoms with Gasteiger partial charge in [0, 0.05) is 16.5 Å². The minimum atomic E-state index is -0.0521. The van der Waals surface area contributed by atoms with Crippen molar-refractivity contribution < 1.29 is 4.74 Å². The lowest BCUT2D eigenvalue weighted by atomic mass is 9.75. The van der Waals surface area contributed by atoms with Crippen molar-refractivity contribution in [1.82, 2.24) is 0 Å². The number of hydrogen-bond donors (Lipinski definition) is 1. The van der Waals surface area contributed by atoms with Gasteiger partial charge in [-0.2, -0.15) is 0 Å². The Hall–Kier alpha value is -1.02. The summed E-state index contributed by atoms with van der Waals surface area (Å²) in [7, 11) is 0. The van der Waals surface area contributed by atoms with Gasteiger partial charge in [-0.15, -0.1) is 0 Å². The van der Waals surface area contributed by atoms with Crippen LogP contribution in [0, 0.1) is 0 Å². The Kier molecular flexibility index (Phi) is 2.94. The van der Waals surface area contributed by atoms with Crippen molar-refractivity contribution in [2.75, 3.05) is 0 Å². The molecule has 1 fully saturated rings. The zero-order valence-corrected chi connectivity index (χ0v) is 11.3. The van der Waals surface area contributed by atoms with Crippen molar-refractivity contribution in [1.29, 1.82) is 0 Å². The third kappa shape index (κ3) is 2.19. The Morgan fingerprint density at radius 3 is 2.35 bits per heavy atom. The summed E-state index contributed by atoms with van der Waals surface area (Å²) in [5.41, 5.74) is 7.55. The van der Waals surface area contributed by atoms with E-state index in [9.17, 15) is 0 Å². The summed E-state index contributed by atoms with van der Waals surface area (Å²) in [4.78, 5) is 0. The van der Waals surface area contributed by atoms with E-state index in [1.54, 1.807) is 0 Å². The third-order valence-corrected chi connectivity index (χ3v) is 3.96. The van der Waals surface area contributed by atoms with Crippen molar-refractivity contribution in [3.63, 3.8) is 0 Å². The Balaban J connectivity index is 2.37. The van der Waals surface area contributed by atoms with Gasteiger partial charge in [-0.05, 0) is 32.8 Å². The SMILES string of the molecule is CC(C)Oc1ccccc1C(C)(C)C1(N)CC1. The van der Waals surface area contributed by atoms with Crippen molar-refractivity contribution in [2.24, 2.45) is 5.73 Å². The minimum absolute atomic E-state index is 0.0293. The van der Waals surface area contributed by atoms with Crippen LogP contribution >= 0.6 is 0 Å². The molecule has 94 valence electrons. The van der Waals surface area contributed by atoms with E-state index in [1.807, 2.05) is 12.1 Å². The molecule has 17 heavy (non-hydrogen) atoms. The minimum Gasteiger partial charge on any atom is -0.491 e. The maximum Gasteiger partial charge on any atom is 0.123 e. The van der Waals surface area contributed by atoms with Gasteiger partial charge in [-0.25, -0.2) is 0 Å². The number of ether oxygens (including phenoxy) is 1. The van der Waals surface area contributed by atoms with Crippen LogP contribution in [0.2, 0.25) is 0 Å². The highest BCUT2D eigenvalue weighted by molar-refractivity contribution is 5.43. The molecule has 0 bridgehead atoms. The highest BCUT2D eigenvalue weighted by atomic mass is 16.5. The second-order valence-corrected chi connectivity index (χ2v) is 5.94. The molecule has 0 saturated heterocycles. The van der Waals surface area contributed by atoms with Gasteiger partial charge in [0.15, 0.2) is 0 Å². The topological polar surface area (TPSA) is 35.2 Å². The molecular weight excluding hydrogens is 210 g/mol. The summed E-state index contributed by atoms with van der Waals surface area (Å²) in [6.07, 6.45) is 2.41. The van der Waals surface area contributed by atoms with Crippen molar-refractivity contribution in [3.05, 3.63) is 29.8 Å². The normalized spacial score (nSPS) is 18.2. The Morgan fingerprint density at radius 1 is 1.24 bits per heavy atom. The maximum absolute atomic E-state index is 6.40. The fourth-order valence-electron chi connectivity index (χ4n) is 2.37. The monoisotopic (exact) mass is 233 g/mol. The van der Waals surface area contributed by atoms with E-state index in [4.69, 9.17) is 10.5 Å². The molecule has 0 aliphatic heterocycles. The van der Waals surface area contributed by atoms with E-state index in [2.05, 4.69) is 39.8 Å². The molecule has 0 spiro atoms. The van der Waals surface area contributed by atoms with Gasteiger partial charge in [-0.1, -0.05) is 32.0 Å². The van der Waals surface area contributed by atoms with Crippen molar-refractivity contribution in [3.8, 4) is 5.75 Å². The largest absolute Gasteiger partial charge is 0.491 e. The zero-order chi connectivity index (χ0) is 12.7. The Morgan fingerprint density at radius 2 is 1.82 bits per heavy atom. The van der Waals surface area contributed by atoms with Crippen LogP contribution in [-0.4, -0.2) is 11.6 Å². The summed E-state index contributed by atoms with van der Waals surface area (Å²) in [6, 6.07) is 8.27. The molecule has 0 atom stereocenters. The number of benzene rings is 1. The number of nitrogens with two attached hydrogens (primary N) is 1. The van der Waals surface area contributed by atoms with Gasteiger partial charge < -0.3 is 10.5 Å². The average molecular weight is 233 g/mol. The van der Waals surface area contributed by atoms with Crippen LogP contribution in [0.25, 0.3) is 0 Å². The summed E-state index contributed by atoms with van der Waals surface area (Å²) in [5.74, 6) is 0.976. The Bertz CT molecular complexity index is 405. The van der Waals surface area contributed by atoms with Gasteiger partial charge >= 0.3 is 0 Å². The molecule has 1 aromatic carbocycles. The second-order valence-electron chi connectivity index (χ2n) is 5.94. The number of hydrogen-bond acceptors (Lipinski definition) is 2. The number of para-hydroxylation sites is 1. The molecule has 0 unspecified atom stereocenters. The van der Waals surface area contributed by atoms with E-state index in [0.717, 1.165) is 18.6 Å². The van der Waals surface area contributed by atoms with Gasteiger partial charge in [-0.3, -0.25) is 0 Å². The maximum atomic E-state index is 6.40. The van der Waals surface area contributed by atoms with E-state index in [1.165, 1.54) is 5.56 Å². The molecule has 1 aromatic rings. The second kappa shape index (κ2) is 4.02. The molecule has 1 saturated carbocycles. The lowest BCUT2D eigenvalue weighted by molar-refractivity contribution is 0.232. The van der Waals surface area contributed by atoms with Gasteiger partial charge in [0.1, 0.15) is 5.75 Å². The van der Waals surface area contributed by atoms with Crippen LogP contribution in [0.15, 0.2) is 24.3 Å². The average Bonchev–Trinajstić information content (AvgIpc) is 2.98. The van der Waals surface area contributed by atoms with Crippen LogP contribution in [0.5, 0.6) is 5.75 Å². The van der Waals surface area contributed by atoms with Gasteiger partial charge in [0.05, 0.1) is 6.10 Å². The molecule has 2 heteroatoms. The van der Waals surface area contributed by atoms with E-state index >= 15 is 0 Å². The first kappa shape index (κ1) is 12.4. The quantitative estimate of drug-likeness (QED) is 0.866. The standard InChI is InChI=1S/C15H23NO/c1-11(2)17-13-8-6-5-7-12(13)14(3,4)15(16)9-10-15/h5-8,11H,9-10,16H2,1-4H3. The lowest BCUT2D eigenvalue weighted by Gasteiger charge is -2.34. The molecule has 0 radical (unpaired) electrons. The molecule has 0 amide bonds. The Labute approximate surface area is 104 Å². The summed E-state index contributed by atoms with van der Waals surface area (Å²) in [5, 5.41) is 0. The fourth-order valence-corrected chi connectivity index (χ4v) is 2.37. The first-order chi connectivity index (χ1) is 7.87. The first-order valence-electron chi connectivity index (χ1n) is 6.42. The van der Waals surface area contributed by atoms with Gasteiger partial charge in [0.25, 0.3) is 0 Å². The van der Waals surface area contributed by atoms with Crippen molar-refractivity contribution in [2.45, 2.75) is 57.6 Å². The lowest BCUT2D eigenvalue weighted by Crippen LogP contribution is -2.43.